The fourth-order valence-corrected chi connectivity index (χ4v) is 7.33. The number of piperidine rings is 1. The minimum Gasteiger partial charge on any atom is -0.456 e. The van der Waals surface area contributed by atoms with E-state index >= 15 is 0 Å². The number of hydrogen-bond acceptors (Lipinski definition) is 6. The van der Waals surface area contributed by atoms with Crippen LogP contribution in [0.1, 0.15) is 62.5 Å². The van der Waals surface area contributed by atoms with Crippen molar-refractivity contribution in [3.63, 3.8) is 0 Å². The zero-order valence-electron chi connectivity index (χ0n) is 24.7. The number of anilines is 2. The first kappa shape index (κ1) is 27.5. The van der Waals surface area contributed by atoms with Gasteiger partial charge in [-0.25, -0.2) is 0 Å². The molecule has 3 aliphatic heterocycles. The second-order valence-corrected chi connectivity index (χ2v) is 12.7. The first-order valence-corrected chi connectivity index (χ1v) is 16.2. The Bertz CT molecular complexity index is 1430. The molecule has 0 atom stereocenters. The molecule has 2 N–H and O–H groups in total. The molecule has 0 spiro atoms. The van der Waals surface area contributed by atoms with E-state index in [1.165, 1.54) is 82.3 Å². The highest BCUT2D eigenvalue weighted by Crippen LogP contribution is 2.43. The normalized spacial score (nSPS) is 20.0. The summed E-state index contributed by atoms with van der Waals surface area (Å²) in [7, 11) is 0. The number of pyridine rings is 1. The van der Waals surface area contributed by atoms with E-state index in [1.54, 1.807) is 6.07 Å². The van der Waals surface area contributed by atoms with Gasteiger partial charge < -0.3 is 29.6 Å². The largest absolute Gasteiger partial charge is 0.456 e. The number of nitrogens with one attached hydrogen (secondary N) is 2. The summed E-state index contributed by atoms with van der Waals surface area (Å²) in [6, 6.07) is 17.0. The predicted molar refractivity (Wildman–Crippen MR) is 169 cm³/mol. The van der Waals surface area contributed by atoms with Crippen LogP contribution in [0.5, 0.6) is 11.5 Å². The van der Waals surface area contributed by atoms with Gasteiger partial charge in [0.15, 0.2) is 0 Å². The maximum atomic E-state index is 12.6. The third-order valence-electron chi connectivity index (χ3n) is 9.78. The van der Waals surface area contributed by atoms with Crippen molar-refractivity contribution in [3.8, 4) is 22.8 Å². The summed E-state index contributed by atoms with van der Waals surface area (Å²) in [5, 5.41) is 3.83. The van der Waals surface area contributed by atoms with Gasteiger partial charge in [-0.1, -0.05) is 44.2 Å². The third-order valence-corrected chi connectivity index (χ3v) is 9.78. The molecule has 2 aromatic carbocycles. The molecular weight excluding hydrogens is 524 g/mol. The molecule has 0 unspecified atom stereocenters. The van der Waals surface area contributed by atoms with E-state index in [1.807, 2.05) is 6.07 Å². The molecular formula is C35H44N4O3. The maximum Gasteiger partial charge on any atom is 0.250 e. The summed E-state index contributed by atoms with van der Waals surface area (Å²) in [5.74, 6) is 2.70. The molecule has 42 heavy (non-hydrogen) atoms. The number of ether oxygens (including phenoxy) is 2. The van der Waals surface area contributed by atoms with Crippen LogP contribution in [0.15, 0.2) is 53.3 Å². The second-order valence-electron chi connectivity index (χ2n) is 12.7. The van der Waals surface area contributed by atoms with Gasteiger partial charge in [0.1, 0.15) is 11.5 Å². The fourth-order valence-electron chi connectivity index (χ4n) is 7.33. The molecule has 1 saturated carbocycles. The Kier molecular flexibility index (Phi) is 8.21. The molecule has 4 aliphatic rings. The molecule has 0 radical (unpaired) electrons. The van der Waals surface area contributed by atoms with Gasteiger partial charge in [0.05, 0.1) is 18.9 Å². The Morgan fingerprint density at radius 3 is 2.55 bits per heavy atom. The van der Waals surface area contributed by atoms with Crippen molar-refractivity contribution < 1.29 is 9.47 Å². The SMILES string of the molecule is O=c1cc(N2CCOCC2)cc(-c2cccc3c2Oc2ccc(NC4CCN(CCC5CCCCC5)CC4)cc2C3)[nH]1. The molecule has 7 nitrogen and oxygen atoms in total. The van der Waals surface area contributed by atoms with Gasteiger partial charge in [-0.15, -0.1) is 0 Å². The number of aromatic amines is 1. The molecule has 1 aromatic heterocycles. The van der Waals surface area contributed by atoms with E-state index in [-0.39, 0.29) is 5.56 Å². The summed E-state index contributed by atoms with van der Waals surface area (Å²) in [4.78, 5) is 20.6. The Hall–Kier alpha value is -3.29. The van der Waals surface area contributed by atoms with Gasteiger partial charge >= 0.3 is 0 Å². The molecule has 3 fully saturated rings. The lowest BCUT2D eigenvalue weighted by atomic mass is 9.87. The average molecular weight is 569 g/mol. The Labute approximate surface area is 249 Å². The Morgan fingerprint density at radius 1 is 0.881 bits per heavy atom. The van der Waals surface area contributed by atoms with E-state index in [0.29, 0.717) is 19.3 Å². The Balaban J connectivity index is 1.00. The van der Waals surface area contributed by atoms with E-state index in [0.717, 1.165) is 59.4 Å². The van der Waals surface area contributed by atoms with Gasteiger partial charge in [-0.2, -0.15) is 0 Å². The topological polar surface area (TPSA) is 69.8 Å². The Morgan fingerprint density at radius 2 is 1.71 bits per heavy atom. The van der Waals surface area contributed by atoms with Crippen LogP contribution < -0.4 is 20.5 Å². The number of rotatable bonds is 7. The van der Waals surface area contributed by atoms with Crippen molar-refractivity contribution in [2.24, 2.45) is 5.92 Å². The van der Waals surface area contributed by atoms with Crippen molar-refractivity contribution in [2.75, 3.05) is 56.2 Å². The maximum absolute atomic E-state index is 12.6. The molecule has 2 saturated heterocycles. The molecule has 4 heterocycles. The smallest absolute Gasteiger partial charge is 0.250 e. The van der Waals surface area contributed by atoms with Crippen molar-refractivity contribution in [1.82, 2.24) is 9.88 Å². The lowest BCUT2D eigenvalue weighted by Crippen LogP contribution is -2.40. The van der Waals surface area contributed by atoms with Gasteiger partial charge in [-0.05, 0) is 67.6 Å². The molecule has 222 valence electrons. The first-order valence-electron chi connectivity index (χ1n) is 16.2. The number of fused-ring (bicyclic) bond motifs is 2. The lowest BCUT2D eigenvalue weighted by molar-refractivity contribution is 0.122. The molecule has 3 aromatic rings. The molecule has 1 aliphatic carbocycles. The van der Waals surface area contributed by atoms with E-state index in [9.17, 15) is 4.79 Å². The zero-order valence-corrected chi connectivity index (χ0v) is 24.7. The number of para-hydroxylation sites is 1. The number of hydrogen-bond donors (Lipinski definition) is 2. The molecule has 0 bridgehead atoms. The average Bonchev–Trinajstić information content (AvgIpc) is 3.04. The second kappa shape index (κ2) is 12.5. The minimum absolute atomic E-state index is 0.103. The summed E-state index contributed by atoms with van der Waals surface area (Å²) in [5.41, 5.74) is 6.05. The quantitative estimate of drug-likeness (QED) is 0.268. The van der Waals surface area contributed by atoms with Crippen molar-refractivity contribution >= 4 is 11.4 Å². The van der Waals surface area contributed by atoms with Crippen LogP contribution in [0.3, 0.4) is 0 Å². The third kappa shape index (κ3) is 6.23. The number of aromatic nitrogens is 1. The van der Waals surface area contributed by atoms with Crippen LogP contribution >= 0.6 is 0 Å². The molecule has 7 rings (SSSR count). The van der Waals surface area contributed by atoms with Crippen LogP contribution in [0.2, 0.25) is 0 Å². The number of H-pyrrole nitrogens is 1. The predicted octanol–water partition coefficient (Wildman–Crippen LogP) is 6.42. The highest BCUT2D eigenvalue weighted by molar-refractivity contribution is 5.74. The van der Waals surface area contributed by atoms with Crippen LogP contribution in [-0.2, 0) is 11.2 Å². The number of likely N-dealkylation sites (tertiary alicyclic amines) is 1. The minimum atomic E-state index is -0.103. The standard InChI is InChI=1S/C35H44N4O3/c40-34-24-30(39-17-19-41-20-18-39)23-32(37-34)31-8-4-7-26-21-27-22-29(9-10-33(27)42-35(26)31)36-28-12-15-38(16-13-28)14-11-25-5-2-1-3-6-25/h4,7-10,22-25,28,36H,1-3,5-6,11-21H2,(H,37,40). The van der Waals surface area contributed by atoms with Crippen molar-refractivity contribution in [2.45, 2.75) is 63.8 Å². The highest BCUT2D eigenvalue weighted by atomic mass is 16.5. The molecule has 7 heteroatoms. The number of nitrogens with zero attached hydrogens (tertiary/aromatic N) is 2. The molecule has 0 amide bonds. The van der Waals surface area contributed by atoms with Crippen LogP contribution in [0.4, 0.5) is 11.4 Å². The van der Waals surface area contributed by atoms with Gasteiger partial charge in [0.25, 0.3) is 0 Å². The zero-order chi connectivity index (χ0) is 28.3. The van der Waals surface area contributed by atoms with Gasteiger partial charge in [0.2, 0.25) is 5.56 Å². The number of benzene rings is 2. The van der Waals surface area contributed by atoms with Gasteiger partial charge in [-0.3, -0.25) is 4.79 Å². The van der Waals surface area contributed by atoms with E-state index in [2.05, 4.69) is 56.5 Å². The fraction of sp³-hybridized carbons (Fsp3) is 0.514. The van der Waals surface area contributed by atoms with E-state index in [4.69, 9.17) is 9.47 Å². The summed E-state index contributed by atoms with van der Waals surface area (Å²) in [6.07, 6.45) is 11.8. The van der Waals surface area contributed by atoms with Gasteiger partial charge in [0, 0.05) is 67.2 Å². The number of morpholine rings is 1. The van der Waals surface area contributed by atoms with Crippen molar-refractivity contribution in [1.29, 1.82) is 0 Å². The van der Waals surface area contributed by atoms with Crippen molar-refractivity contribution in [3.05, 3.63) is 70.0 Å². The summed E-state index contributed by atoms with van der Waals surface area (Å²) < 4.78 is 12.0. The van der Waals surface area contributed by atoms with E-state index < -0.39 is 0 Å². The monoisotopic (exact) mass is 568 g/mol. The van der Waals surface area contributed by atoms with Crippen LogP contribution in [0, 0.1) is 5.92 Å². The lowest BCUT2D eigenvalue weighted by Gasteiger charge is -2.34. The summed E-state index contributed by atoms with van der Waals surface area (Å²) in [6.45, 7) is 6.61. The van der Waals surface area contributed by atoms with Crippen LogP contribution in [0.25, 0.3) is 11.3 Å². The highest BCUT2D eigenvalue weighted by Gasteiger charge is 2.24. The van der Waals surface area contributed by atoms with Crippen LogP contribution in [-0.4, -0.2) is 61.9 Å². The first-order chi connectivity index (χ1) is 20.7. The summed E-state index contributed by atoms with van der Waals surface area (Å²) >= 11 is 0.